The molecule has 2 aromatic carbocycles. The van der Waals surface area contributed by atoms with Crippen LogP contribution in [0.25, 0.3) is 0 Å². The molecule has 0 saturated heterocycles. The zero-order valence-corrected chi connectivity index (χ0v) is 14.9. The van der Waals surface area contributed by atoms with Gasteiger partial charge in [-0.15, -0.1) is 0 Å². The van der Waals surface area contributed by atoms with Crippen molar-refractivity contribution in [1.82, 2.24) is 4.72 Å². The zero-order valence-electron chi connectivity index (χ0n) is 14.0. The molecule has 0 bridgehead atoms. The second kappa shape index (κ2) is 7.73. The number of benzene rings is 2. The van der Waals surface area contributed by atoms with Gasteiger partial charge < -0.3 is 5.73 Å². The maximum atomic E-state index is 12.4. The highest BCUT2D eigenvalue weighted by molar-refractivity contribution is 7.89. The SMILES string of the molecule is CC(C)c1ccc(C(N)CNS(=O)(=O)c2ccccc2[N+](=O)[O-])cc1. The van der Waals surface area contributed by atoms with E-state index in [1.54, 1.807) is 0 Å². The van der Waals surface area contributed by atoms with Crippen molar-refractivity contribution >= 4 is 15.7 Å². The first-order chi connectivity index (χ1) is 11.7. The number of para-hydroxylation sites is 1. The minimum absolute atomic E-state index is 0.0601. The molecule has 2 aromatic rings. The number of nitrogens with one attached hydrogen (secondary N) is 1. The van der Waals surface area contributed by atoms with Gasteiger partial charge in [0.1, 0.15) is 0 Å². The van der Waals surface area contributed by atoms with E-state index in [0.29, 0.717) is 5.92 Å². The molecule has 1 atom stereocenters. The summed E-state index contributed by atoms with van der Waals surface area (Å²) in [5.74, 6) is 0.391. The summed E-state index contributed by atoms with van der Waals surface area (Å²) in [4.78, 5) is 9.91. The van der Waals surface area contributed by atoms with E-state index in [-0.39, 0.29) is 11.4 Å². The molecule has 8 heteroatoms. The van der Waals surface area contributed by atoms with E-state index in [4.69, 9.17) is 5.73 Å². The highest BCUT2D eigenvalue weighted by Gasteiger charge is 2.25. The summed E-state index contributed by atoms with van der Waals surface area (Å²) in [6.07, 6.45) is 0. The summed E-state index contributed by atoms with van der Waals surface area (Å²) in [5, 5.41) is 11.0. The van der Waals surface area contributed by atoms with Crippen LogP contribution >= 0.6 is 0 Å². The third-order valence-corrected chi connectivity index (χ3v) is 5.35. The van der Waals surface area contributed by atoms with Gasteiger partial charge in [-0.05, 0) is 23.1 Å². The van der Waals surface area contributed by atoms with Gasteiger partial charge in [-0.3, -0.25) is 10.1 Å². The van der Waals surface area contributed by atoms with Gasteiger partial charge in [-0.2, -0.15) is 0 Å². The van der Waals surface area contributed by atoms with Gasteiger partial charge in [-0.25, -0.2) is 13.1 Å². The van der Waals surface area contributed by atoms with Crippen LogP contribution < -0.4 is 10.5 Å². The molecule has 0 aromatic heterocycles. The van der Waals surface area contributed by atoms with Crippen LogP contribution in [0.2, 0.25) is 0 Å². The fraction of sp³-hybridized carbons (Fsp3) is 0.294. The van der Waals surface area contributed by atoms with E-state index in [1.807, 2.05) is 24.3 Å². The van der Waals surface area contributed by atoms with E-state index < -0.39 is 26.7 Å². The summed E-state index contributed by atoms with van der Waals surface area (Å²) < 4.78 is 27.1. The van der Waals surface area contributed by atoms with Crippen LogP contribution in [0.5, 0.6) is 0 Å². The predicted molar refractivity (Wildman–Crippen MR) is 95.7 cm³/mol. The summed E-state index contributed by atoms with van der Waals surface area (Å²) in [7, 11) is -4.03. The Labute approximate surface area is 147 Å². The molecular weight excluding hydrogens is 342 g/mol. The molecule has 0 aliphatic rings. The van der Waals surface area contributed by atoms with Crippen LogP contribution in [0.1, 0.15) is 36.9 Å². The monoisotopic (exact) mass is 363 g/mol. The van der Waals surface area contributed by atoms with Gasteiger partial charge in [0, 0.05) is 18.7 Å². The first-order valence-corrected chi connectivity index (χ1v) is 9.29. The summed E-state index contributed by atoms with van der Waals surface area (Å²) >= 11 is 0. The molecule has 2 rings (SSSR count). The molecule has 0 fully saturated rings. The average molecular weight is 363 g/mol. The van der Waals surface area contributed by atoms with Crippen LogP contribution in [-0.2, 0) is 10.0 Å². The lowest BCUT2D eigenvalue weighted by Crippen LogP contribution is -2.32. The molecule has 0 saturated carbocycles. The third-order valence-electron chi connectivity index (χ3n) is 3.88. The maximum absolute atomic E-state index is 12.4. The van der Waals surface area contributed by atoms with Gasteiger partial charge in [0.25, 0.3) is 5.69 Å². The average Bonchev–Trinajstić information content (AvgIpc) is 2.59. The molecule has 134 valence electrons. The largest absolute Gasteiger partial charge is 0.323 e. The van der Waals surface area contributed by atoms with Crippen LogP contribution in [0.4, 0.5) is 5.69 Å². The second-order valence-electron chi connectivity index (χ2n) is 6.00. The van der Waals surface area contributed by atoms with Gasteiger partial charge in [0.05, 0.1) is 4.92 Å². The lowest BCUT2D eigenvalue weighted by Gasteiger charge is -2.15. The number of nitro groups is 1. The predicted octanol–water partition coefficient (Wildman–Crippen LogP) is 2.70. The Balaban J connectivity index is 2.13. The Bertz CT molecular complexity index is 848. The van der Waals surface area contributed by atoms with E-state index >= 15 is 0 Å². The van der Waals surface area contributed by atoms with E-state index in [1.165, 1.54) is 18.2 Å². The van der Waals surface area contributed by atoms with Gasteiger partial charge in [-0.1, -0.05) is 50.2 Å². The number of rotatable bonds is 7. The molecule has 0 radical (unpaired) electrons. The number of hydrogen-bond acceptors (Lipinski definition) is 5. The molecule has 1 unspecified atom stereocenters. The van der Waals surface area contributed by atoms with E-state index in [9.17, 15) is 18.5 Å². The fourth-order valence-corrected chi connectivity index (χ4v) is 3.59. The van der Waals surface area contributed by atoms with Crippen molar-refractivity contribution in [2.24, 2.45) is 5.73 Å². The fourth-order valence-electron chi connectivity index (χ4n) is 2.36. The van der Waals surface area contributed by atoms with Crippen LogP contribution in [0, 0.1) is 10.1 Å². The van der Waals surface area contributed by atoms with Crippen molar-refractivity contribution in [2.75, 3.05) is 6.54 Å². The number of hydrogen-bond donors (Lipinski definition) is 2. The first-order valence-electron chi connectivity index (χ1n) is 7.81. The topological polar surface area (TPSA) is 115 Å². The number of nitro benzene ring substituents is 1. The van der Waals surface area contributed by atoms with E-state index in [2.05, 4.69) is 18.6 Å². The molecule has 3 N–H and O–H groups in total. The number of nitrogens with two attached hydrogens (primary N) is 1. The standard InChI is InChI=1S/C17H21N3O4S/c1-12(2)13-7-9-14(10-8-13)15(18)11-19-25(23,24)17-6-4-3-5-16(17)20(21)22/h3-10,12,15,19H,11,18H2,1-2H3. The molecule has 0 spiro atoms. The van der Waals surface area contributed by atoms with Gasteiger partial charge in [0.2, 0.25) is 10.0 Å². The van der Waals surface area contributed by atoms with Gasteiger partial charge in [0.15, 0.2) is 4.90 Å². The lowest BCUT2D eigenvalue weighted by molar-refractivity contribution is -0.387. The second-order valence-corrected chi connectivity index (χ2v) is 7.74. The Morgan fingerprint density at radius 1 is 1.08 bits per heavy atom. The Morgan fingerprint density at radius 3 is 2.20 bits per heavy atom. The summed E-state index contributed by atoms with van der Waals surface area (Å²) in [6.45, 7) is 4.10. The molecule has 0 aliphatic carbocycles. The van der Waals surface area contributed by atoms with Crippen molar-refractivity contribution in [3.63, 3.8) is 0 Å². The number of sulfonamides is 1. The Morgan fingerprint density at radius 2 is 1.64 bits per heavy atom. The molecule has 0 amide bonds. The Kier molecular flexibility index (Phi) is 5.89. The molecular formula is C17H21N3O4S. The molecule has 7 nitrogen and oxygen atoms in total. The van der Waals surface area contributed by atoms with Crippen molar-refractivity contribution in [1.29, 1.82) is 0 Å². The molecule has 25 heavy (non-hydrogen) atoms. The van der Waals surface area contributed by atoms with Gasteiger partial charge >= 0.3 is 0 Å². The first kappa shape index (κ1) is 19.0. The van der Waals surface area contributed by atoms with Crippen molar-refractivity contribution in [2.45, 2.75) is 30.7 Å². The zero-order chi connectivity index (χ0) is 18.6. The summed E-state index contributed by atoms with van der Waals surface area (Å²) in [6, 6.07) is 12.3. The van der Waals surface area contributed by atoms with Crippen molar-refractivity contribution in [3.05, 3.63) is 69.8 Å². The third kappa shape index (κ3) is 4.62. The van der Waals surface area contributed by atoms with Crippen LogP contribution in [-0.4, -0.2) is 19.9 Å². The quantitative estimate of drug-likeness (QED) is 0.579. The Hall–Kier alpha value is -2.29. The minimum Gasteiger partial charge on any atom is -0.323 e. The lowest BCUT2D eigenvalue weighted by atomic mass is 9.99. The molecule has 0 heterocycles. The minimum atomic E-state index is -4.03. The normalized spacial score (nSPS) is 13.0. The summed E-state index contributed by atoms with van der Waals surface area (Å²) in [5.41, 5.74) is 7.53. The number of nitrogens with zero attached hydrogens (tertiary/aromatic N) is 1. The van der Waals surface area contributed by atoms with Crippen LogP contribution in [0.3, 0.4) is 0 Å². The molecule has 0 aliphatic heterocycles. The highest BCUT2D eigenvalue weighted by Crippen LogP contribution is 2.23. The maximum Gasteiger partial charge on any atom is 0.289 e. The van der Waals surface area contributed by atoms with Crippen LogP contribution in [0.15, 0.2) is 53.4 Å². The van der Waals surface area contributed by atoms with Crippen molar-refractivity contribution in [3.8, 4) is 0 Å². The van der Waals surface area contributed by atoms with Crippen molar-refractivity contribution < 1.29 is 13.3 Å². The smallest absolute Gasteiger partial charge is 0.289 e. The highest BCUT2D eigenvalue weighted by atomic mass is 32.2. The van der Waals surface area contributed by atoms with E-state index in [0.717, 1.165) is 17.2 Å².